The molecule has 0 unspecified atom stereocenters. The van der Waals surface area contributed by atoms with Crippen LogP contribution in [0.25, 0.3) is 0 Å². The predicted molar refractivity (Wildman–Crippen MR) is 42.6 cm³/mol. The van der Waals surface area contributed by atoms with Gasteiger partial charge in [-0.25, -0.2) is 0 Å². The minimum Gasteiger partial charge on any atom is -0.366 e. The Morgan fingerprint density at radius 3 is 2.20 bits per heavy atom. The minimum absolute atomic E-state index is 0.463. The molecule has 0 heterocycles. The van der Waals surface area contributed by atoms with Gasteiger partial charge in [-0.2, -0.15) is 0 Å². The van der Waals surface area contributed by atoms with Crippen LogP contribution in [0.5, 0.6) is 0 Å². The molecule has 1 saturated carbocycles. The lowest BCUT2D eigenvalue weighted by molar-refractivity contribution is -0.174. The largest absolute Gasteiger partial charge is 0.366 e. The summed E-state index contributed by atoms with van der Waals surface area (Å²) in [5, 5.41) is 18.2. The Labute approximate surface area is 68.7 Å². The fraction of sp³-hybridized carbons (Fsp3) is 0.714. The number of halogens is 1. The number of allylic oxidation sites excluding steroid dienone is 1. The van der Waals surface area contributed by atoms with Crippen molar-refractivity contribution in [3.8, 4) is 0 Å². The summed E-state index contributed by atoms with van der Waals surface area (Å²) in [6, 6.07) is 0. The molecule has 2 nitrogen and oxygen atoms in total. The maximum Gasteiger partial charge on any atom is 0.163 e. The first-order chi connectivity index (χ1) is 4.64. The molecule has 0 aliphatic heterocycles. The molecule has 58 valence electrons. The molecule has 3 heteroatoms. The summed E-state index contributed by atoms with van der Waals surface area (Å²) in [6.07, 6.45) is 2.51. The molecule has 0 amide bonds. The second kappa shape index (κ2) is 3.03. The summed E-state index contributed by atoms with van der Waals surface area (Å²) in [7, 11) is 0. The molecule has 0 aromatic rings. The zero-order valence-electron chi connectivity index (χ0n) is 5.68. The van der Waals surface area contributed by atoms with Crippen molar-refractivity contribution in [3.63, 3.8) is 0 Å². The van der Waals surface area contributed by atoms with Gasteiger partial charge in [0.25, 0.3) is 0 Å². The van der Waals surface area contributed by atoms with Gasteiger partial charge in [0, 0.05) is 12.8 Å². The third kappa shape index (κ3) is 2.08. The molecule has 1 aliphatic carbocycles. The lowest BCUT2D eigenvalue weighted by Crippen LogP contribution is -2.30. The van der Waals surface area contributed by atoms with E-state index in [1.165, 1.54) is 5.57 Å². The van der Waals surface area contributed by atoms with Gasteiger partial charge in [-0.15, -0.1) is 0 Å². The quantitative estimate of drug-likeness (QED) is 0.591. The van der Waals surface area contributed by atoms with Gasteiger partial charge < -0.3 is 10.2 Å². The van der Waals surface area contributed by atoms with E-state index in [1.807, 2.05) is 4.99 Å². The molecule has 10 heavy (non-hydrogen) atoms. The van der Waals surface area contributed by atoms with E-state index in [2.05, 4.69) is 15.9 Å². The lowest BCUT2D eigenvalue weighted by Gasteiger charge is -2.27. The zero-order chi connectivity index (χ0) is 7.61. The van der Waals surface area contributed by atoms with Crippen LogP contribution in [0.1, 0.15) is 25.7 Å². The van der Waals surface area contributed by atoms with E-state index in [0.29, 0.717) is 12.8 Å². The van der Waals surface area contributed by atoms with E-state index in [1.54, 1.807) is 0 Å². The number of aliphatic hydroxyl groups is 2. The summed E-state index contributed by atoms with van der Waals surface area (Å²) < 4.78 is 0. The lowest BCUT2D eigenvalue weighted by atomic mass is 9.91. The monoisotopic (exact) mass is 206 g/mol. The van der Waals surface area contributed by atoms with Crippen LogP contribution in [0.3, 0.4) is 0 Å². The Morgan fingerprint density at radius 2 is 1.80 bits per heavy atom. The fourth-order valence-electron chi connectivity index (χ4n) is 1.08. The summed E-state index contributed by atoms with van der Waals surface area (Å²) in [6.45, 7) is 0. The zero-order valence-corrected chi connectivity index (χ0v) is 7.26. The molecule has 0 bridgehead atoms. The van der Waals surface area contributed by atoms with E-state index in [4.69, 9.17) is 10.2 Å². The van der Waals surface area contributed by atoms with Crippen LogP contribution in [-0.4, -0.2) is 16.0 Å². The van der Waals surface area contributed by atoms with Gasteiger partial charge in [-0.3, -0.25) is 0 Å². The van der Waals surface area contributed by atoms with Gasteiger partial charge in [-0.1, -0.05) is 21.5 Å². The average molecular weight is 207 g/mol. The Hall–Kier alpha value is 0.140. The molecule has 0 saturated heterocycles. The third-order valence-electron chi connectivity index (χ3n) is 1.85. The average Bonchev–Trinajstić information content (AvgIpc) is 1.88. The maximum atomic E-state index is 9.10. The van der Waals surface area contributed by atoms with Crippen LogP contribution < -0.4 is 0 Å². The normalized spacial score (nSPS) is 24.5. The maximum absolute atomic E-state index is 9.10. The molecule has 1 aliphatic rings. The molecular weight excluding hydrogens is 196 g/mol. The van der Waals surface area contributed by atoms with Crippen molar-refractivity contribution in [2.45, 2.75) is 31.5 Å². The van der Waals surface area contributed by atoms with Gasteiger partial charge in [0.2, 0.25) is 0 Å². The van der Waals surface area contributed by atoms with Crippen molar-refractivity contribution >= 4 is 15.9 Å². The highest BCUT2D eigenvalue weighted by Crippen LogP contribution is 2.29. The molecule has 0 aromatic carbocycles. The Kier molecular flexibility index (Phi) is 2.50. The van der Waals surface area contributed by atoms with E-state index < -0.39 is 5.79 Å². The van der Waals surface area contributed by atoms with Crippen molar-refractivity contribution in [1.82, 2.24) is 0 Å². The molecule has 0 spiro atoms. The highest BCUT2D eigenvalue weighted by molar-refractivity contribution is 9.11. The second-order valence-electron chi connectivity index (χ2n) is 2.75. The Bertz CT molecular complexity index is 140. The van der Waals surface area contributed by atoms with E-state index in [-0.39, 0.29) is 0 Å². The Morgan fingerprint density at radius 1 is 1.30 bits per heavy atom. The van der Waals surface area contributed by atoms with Crippen molar-refractivity contribution in [2.75, 3.05) is 0 Å². The van der Waals surface area contributed by atoms with Crippen LogP contribution in [-0.2, 0) is 0 Å². The standard InChI is InChI=1S/C7H11BrO2/c8-5-6-1-3-7(9,10)4-2-6/h5,9-10H,1-4H2. The van der Waals surface area contributed by atoms with Crippen LogP contribution in [0.2, 0.25) is 0 Å². The molecule has 1 rings (SSSR count). The van der Waals surface area contributed by atoms with E-state index in [0.717, 1.165) is 12.8 Å². The van der Waals surface area contributed by atoms with Crippen LogP contribution in [0.15, 0.2) is 10.6 Å². The van der Waals surface area contributed by atoms with Crippen molar-refractivity contribution in [3.05, 3.63) is 10.6 Å². The third-order valence-corrected chi connectivity index (χ3v) is 2.49. The first kappa shape index (κ1) is 8.24. The Balaban J connectivity index is 2.46. The van der Waals surface area contributed by atoms with Crippen LogP contribution in [0.4, 0.5) is 0 Å². The van der Waals surface area contributed by atoms with Crippen LogP contribution in [0, 0.1) is 0 Å². The molecule has 2 N–H and O–H groups in total. The van der Waals surface area contributed by atoms with Gasteiger partial charge in [0.1, 0.15) is 0 Å². The summed E-state index contributed by atoms with van der Waals surface area (Å²) >= 11 is 3.22. The number of hydrogen-bond donors (Lipinski definition) is 2. The second-order valence-corrected chi connectivity index (χ2v) is 3.21. The number of hydrogen-bond acceptors (Lipinski definition) is 2. The van der Waals surface area contributed by atoms with E-state index >= 15 is 0 Å². The smallest absolute Gasteiger partial charge is 0.163 e. The van der Waals surface area contributed by atoms with Gasteiger partial charge in [0.15, 0.2) is 5.79 Å². The van der Waals surface area contributed by atoms with Crippen molar-refractivity contribution < 1.29 is 10.2 Å². The minimum atomic E-state index is -1.40. The molecule has 0 radical (unpaired) electrons. The number of rotatable bonds is 0. The molecule has 1 fully saturated rings. The molecular formula is C7H11BrO2. The highest BCUT2D eigenvalue weighted by atomic mass is 79.9. The summed E-state index contributed by atoms with van der Waals surface area (Å²) in [5.41, 5.74) is 1.26. The SMILES string of the molecule is OC1(O)CCC(=CBr)CC1. The topological polar surface area (TPSA) is 40.5 Å². The van der Waals surface area contributed by atoms with Crippen molar-refractivity contribution in [2.24, 2.45) is 0 Å². The fourth-order valence-corrected chi connectivity index (χ4v) is 1.54. The van der Waals surface area contributed by atoms with Crippen molar-refractivity contribution in [1.29, 1.82) is 0 Å². The summed E-state index contributed by atoms with van der Waals surface area (Å²) in [4.78, 5) is 1.88. The first-order valence-corrected chi connectivity index (χ1v) is 4.28. The first-order valence-electron chi connectivity index (χ1n) is 3.37. The molecule has 0 atom stereocenters. The van der Waals surface area contributed by atoms with Gasteiger partial charge in [0.05, 0.1) is 0 Å². The van der Waals surface area contributed by atoms with Gasteiger partial charge in [-0.05, 0) is 17.8 Å². The highest BCUT2D eigenvalue weighted by Gasteiger charge is 2.27. The van der Waals surface area contributed by atoms with E-state index in [9.17, 15) is 0 Å². The van der Waals surface area contributed by atoms with Gasteiger partial charge >= 0.3 is 0 Å². The summed E-state index contributed by atoms with van der Waals surface area (Å²) in [5.74, 6) is -1.40. The molecule has 0 aromatic heterocycles. The predicted octanol–water partition coefficient (Wildman–Crippen LogP) is 1.52. The van der Waals surface area contributed by atoms with Crippen LogP contribution >= 0.6 is 15.9 Å².